The molecule has 6 heteroatoms. The van der Waals surface area contributed by atoms with Gasteiger partial charge in [-0.3, -0.25) is 4.79 Å². The van der Waals surface area contributed by atoms with Gasteiger partial charge in [0.25, 0.3) is 5.91 Å². The molecular weight excluding hydrogens is 348 g/mol. The molecular formula is C16H15BrN2O3. The third-order valence-electron chi connectivity index (χ3n) is 3.58. The Morgan fingerprint density at radius 1 is 1.36 bits per heavy atom. The molecule has 0 aliphatic heterocycles. The highest BCUT2D eigenvalue weighted by Gasteiger charge is 2.15. The summed E-state index contributed by atoms with van der Waals surface area (Å²) in [4.78, 5) is 12.4. The number of nitrogens with one attached hydrogen (secondary N) is 1. The lowest BCUT2D eigenvalue weighted by atomic mass is 10.2. The number of aromatic nitrogens is 1. The average molecular weight is 363 g/mol. The number of fused-ring (bicyclic) bond motifs is 1. The van der Waals surface area contributed by atoms with E-state index in [4.69, 9.17) is 9.15 Å². The van der Waals surface area contributed by atoms with Gasteiger partial charge in [0.05, 0.1) is 18.9 Å². The third-order valence-corrected chi connectivity index (χ3v) is 4.07. The van der Waals surface area contributed by atoms with Gasteiger partial charge in [0.1, 0.15) is 11.4 Å². The molecule has 0 saturated heterocycles. The van der Waals surface area contributed by atoms with E-state index in [0.29, 0.717) is 17.8 Å². The van der Waals surface area contributed by atoms with Crippen molar-refractivity contribution in [3.8, 4) is 5.75 Å². The summed E-state index contributed by atoms with van der Waals surface area (Å²) in [5.41, 5.74) is 3.06. The number of halogens is 1. The minimum atomic E-state index is -0.157. The first-order valence-corrected chi connectivity index (χ1v) is 7.53. The van der Waals surface area contributed by atoms with Crippen LogP contribution in [-0.2, 0) is 13.6 Å². The normalized spacial score (nSPS) is 10.9. The van der Waals surface area contributed by atoms with Gasteiger partial charge in [-0.2, -0.15) is 0 Å². The fourth-order valence-corrected chi connectivity index (χ4v) is 2.83. The van der Waals surface area contributed by atoms with Crippen LogP contribution in [0.25, 0.3) is 11.1 Å². The van der Waals surface area contributed by atoms with Gasteiger partial charge in [-0.05, 0) is 18.2 Å². The standard InChI is InChI=1S/C16H15BrN2O3/c1-19-12-5-6-22-15(12)8-13(19)16(20)18-9-10-7-11(17)3-4-14(10)21-2/h3-8H,9H2,1-2H3,(H,18,20). The summed E-state index contributed by atoms with van der Waals surface area (Å²) in [6, 6.07) is 9.26. The van der Waals surface area contributed by atoms with Gasteiger partial charge in [0.15, 0.2) is 5.58 Å². The van der Waals surface area contributed by atoms with E-state index in [9.17, 15) is 4.79 Å². The third kappa shape index (κ3) is 2.62. The lowest BCUT2D eigenvalue weighted by Gasteiger charge is -2.10. The van der Waals surface area contributed by atoms with Crippen molar-refractivity contribution in [3.05, 3.63) is 52.3 Å². The molecule has 0 bridgehead atoms. The van der Waals surface area contributed by atoms with Gasteiger partial charge < -0.3 is 19.0 Å². The van der Waals surface area contributed by atoms with Gasteiger partial charge in [0.2, 0.25) is 0 Å². The Labute approximate surface area is 136 Å². The molecule has 5 nitrogen and oxygen atoms in total. The predicted octanol–water partition coefficient (Wildman–Crippen LogP) is 3.47. The van der Waals surface area contributed by atoms with Crippen LogP contribution in [-0.4, -0.2) is 17.6 Å². The van der Waals surface area contributed by atoms with E-state index in [2.05, 4.69) is 21.2 Å². The van der Waals surface area contributed by atoms with E-state index in [1.807, 2.05) is 35.9 Å². The lowest BCUT2D eigenvalue weighted by Crippen LogP contribution is -2.25. The Bertz CT molecular complexity index is 835. The van der Waals surface area contributed by atoms with Crippen LogP contribution in [0.2, 0.25) is 0 Å². The van der Waals surface area contributed by atoms with Crippen molar-refractivity contribution < 1.29 is 13.9 Å². The number of rotatable bonds is 4. The van der Waals surface area contributed by atoms with Crippen LogP contribution < -0.4 is 10.1 Å². The van der Waals surface area contributed by atoms with Crippen LogP contribution in [0.3, 0.4) is 0 Å². The van der Waals surface area contributed by atoms with Crippen molar-refractivity contribution in [3.63, 3.8) is 0 Å². The number of hydrogen-bond donors (Lipinski definition) is 1. The fourth-order valence-electron chi connectivity index (χ4n) is 2.42. The number of hydrogen-bond acceptors (Lipinski definition) is 3. The molecule has 0 saturated carbocycles. The molecule has 1 aromatic carbocycles. The molecule has 0 unspecified atom stereocenters. The van der Waals surface area contributed by atoms with Crippen molar-refractivity contribution in [1.29, 1.82) is 0 Å². The highest BCUT2D eigenvalue weighted by Crippen LogP contribution is 2.23. The molecule has 0 aliphatic carbocycles. The Morgan fingerprint density at radius 2 is 2.18 bits per heavy atom. The molecule has 0 atom stereocenters. The number of carbonyl (C=O) groups is 1. The maximum absolute atomic E-state index is 12.4. The molecule has 22 heavy (non-hydrogen) atoms. The summed E-state index contributed by atoms with van der Waals surface area (Å²) < 4.78 is 13.4. The Hall–Kier alpha value is -2.21. The molecule has 114 valence electrons. The minimum Gasteiger partial charge on any atom is -0.496 e. The average Bonchev–Trinajstić information content (AvgIpc) is 3.08. The van der Waals surface area contributed by atoms with Gasteiger partial charge >= 0.3 is 0 Å². The number of methoxy groups -OCH3 is 1. The predicted molar refractivity (Wildman–Crippen MR) is 87.0 cm³/mol. The summed E-state index contributed by atoms with van der Waals surface area (Å²) >= 11 is 3.42. The zero-order valence-corrected chi connectivity index (χ0v) is 13.8. The quantitative estimate of drug-likeness (QED) is 0.772. The Kier molecular flexibility index (Phi) is 3.94. The second-order valence-electron chi connectivity index (χ2n) is 4.90. The summed E-state index contributed by atoms with van der Waals surface area (Å²) in [5.74, 6) is 0.583. The van der Waals surface area contributed by atoms with Gasteiger partial charge in [-0.25, -0.2) is 0 Å². The van der Waals surface area contributed by atoms with Crippen LogP contribution in [0.5, 0.6) is 5.75 Å². The molecule has 0 spiro atoms. The minimum absolute atomic E-state index is 0.157. The number of aryl methyl sites for hydroxylation is 1. The number of nitrogens with zero attached hydrogens (tertiary/aromatic N) is 1. The van der Waals surface area contributed by atoms with E-state index in [1.165, 1.54) is 0 Å². The van der Waals surface area contributed by atoms with Crippen LogP contribution in [0.4, 0.5) is 0 Å². The van der Waals surface area contributed by atoms with Gasteiger partial charge in [-0.1, -0.05) is 15.9 Å². The van der Waals surface area contributed by atoms with E-state index in [-0.39, 0.29) is 5.91 Å². The van der Waals surface area contributed by atoms with E-state index < -0.39 is 0 Å². The summed E-state index contributed by atoms with van der Waals surface area (Å²) in [5, 5.41) is 2.91. The van der Waals surface area contributed by atoms with Gasteiger partial charge in [-0.15, -0.1) is 0 Å². The number of amides is 1. The monoisotopic (exact) mass is 362 g/mol. The first-order valence-electron chi connectivity index (χ1n) is 6.73. The Morgan fingerprint density at radius 3 is 2.91 bits per heavy atom. The zero-order valence-electron chi connectivity index (χ0n) is 12.2. The van der Waals surface area contributed by atoms with Crippen molar-refractivity contribution >= 4 is 32.9 Å². The molecule has 2 heterocycles. The molecule has 0 aliphatic rings. The van der Waals surface area contributed by atoms with Crippen molar-refractivity contribution in [1.82, 2.24) is 9.88 Å². The maximum Gasteiger partial charge on any atom is 0.268 e. The fraction of sp³-hybridized carbons (Fsp3) is 0.188. The summed E-state index contributed by atoms with van der Waals surface area (Å²) in [6.07, 6.45) is 1.61. The topological polar surface area (TPSA) is 56.4 Å². The summed E-state index contributed by atoms with van der Waals surface area (Å²) in [7, 11) is 3.45. The molecule has 3 aromatic rings. The smallest absolute Gasteiger partial charge is 0.268 e. The molecule has 0 fully saturated rings. The number of benzene rings is 1. The van der Waals surface area contributed by atoms with E-state index >= 15 is 0 Å². The van der Waals surface area contributed by atoms with E-state index in [1.54, 1.807) is 19.4 Å². The number of ether oxygens (including phenoxy) is 1. The van der Waals surface area contributed by atoms with Crippen molar-refractivity contribution in [2.45, 2.75) is 6.54 Å². The highest BCUT2D eigenvalue weighted by molar-refractivity contribution is 9.10. The lowest BCUT2D eigenvalue weighted by molar-refractivity contribution is 0.0943. The molecule has 1 N–H and O–H groups in total. The van der Waals surface area contributed by atoms with Crippen LogP contribution >= 0.6 is 15.9 Å². The first-order chi connectivity index (χ1) is 10.6. The highest BCUT2D eigenvalue weighted by atomic mass is 79.9. The maximum atomic E-state index is 12.4. The van der Waals surface area contributed by atoms with Crippen molar-refractivity contribution in [2.75, 3.05) is 7.11 Å². The Balaban J connectivity index is 1.79. The molecule has 1 amide bonds. The molecule has 2 aromatic heterocycles. The molecule has 0 radical (unpaired) electrons. The SMILES string of the molecule is COc1ccc(Br)cc1CNC(=O)c1cc2occc2n1C. The van der Waals surface area contributed by atoms with Gasteiger partial charge in [0, 0.05) is 35.8 Å². The van der Waals surface area contributed by atoms with Crippen molar-refractivity contribution in [2.24, 2.45) is 7.05 Å². The second kappa shape index (κ2) is 5.88. The largest absolute Gasteiger partial charge is 0.496 e. The zero-order chi connectivity index (χ0) is 15.7. The van der Waals surface area contributed by atoms with Crippen LogP contribution in [0, 0.1) is 0 Å². The summed E-state index contributed by atoms with van der Waals surface area (Å²) in [6.45, 7) is 0.383. The number of furan rings is 1. The second-order valence-corrected chi connectivity index (χ2v) is 5.81. The van der Waals surface area contributed by atoms with E-state index in [0.717, 1.165) is 21.3 Å². The first kappa shape index (κ1) is 14.7. The van der Waals surface area contributed by atoms with Crippen LogP contribution in [0.1, 0.15) is 16.1 Å². The number of carbonyl (C=O) groups excluding carboxylic acids is 1. The van der Waals surface area contributed by atoms with Crippen LogP contribution in [0.15, 0.2) is 45.5 Å². The molecule has 3 rings (SSSR count).